The zero-order valence-electron chi connectivity index (χ0n) is 9.29. The van der Waals surface area contributed by atoms with Crippen LogP contribution in [-0.2, 0) is 6.42 Å². The van der Waals surface area contributed by atoms with Gasteiger partial charge < -0.3 is 5.73 Å². The number of hydrogen-bond donors (Lipinski definition) is 2. The van der Waals surface area contributed by atoms with Gasteiger partial charge in [0.15, 0.2) is 0 Å². The van der Waals surface area contributed by atoms with Gasteiger partial charge >= 0.3 is 0 Å². The third kappa shape index (κ3) is 1.75. The highest BCUT2D eigenvalue weighted by atomic mass is 15.2. The van der Waals surface area contributed by atoms with Crippen LogP contribution in [0.2, 0.25) is 0 Å². The highest BCUT2D eigenvalue weighted by Crippen LogP contribution is 2.50. The van der Waals surface area contributed by atoms with Gasteiger partial charge in [0.1, 0.15) is 5.82 Å². The Hall–Kier alpha value is -0.990. The lowest BCUT2D eigenvalue weighted by Crippen LogP contribution is -2.10. The zero-order chi connectivity index (χ0) is 10.4. The summed E-state index contributed by atoms with van der Waals surface area (Å²) in [5.74, 6) is 3.58. The molecule has 15 heavy (non-hydrogen) atoms. The van der Waals surface area contributed by atoms with Crippen molar-refractivity contribution < 1.29 is 0 Å². The maximum Gasteiger partial charge on any atom is 0.148 e. The van der Waals surface area contributed by atoms with Crippen LogP contribution in [0.25, 0.3) is 0 Å². The summed E-state index contributed by atoms with van der Waals surface area (Å²) in [6.45, 7) is 2.07. The largest absolute Gasteiger partial charge is 0.382 e. The van der Waals surface area contributed by atoms with Crippen LogP contribution in [0.3, 0.4) is 0 Å². The molecule has 0 amide bonds. The smallest absolute Gasteiger partial charge is 0.148 e. The van der Waals surface area contributed by atoms with Crippen LogP contribution in [0.4, 0.5) is 5.82 Å². The second-order valence-electron chi connectivity index (χ2n) is 5.26. The summed E-state index contributed by atoms with van der Waals surface area (Å²) in [6, 6.07) is 0. The maximum atomic E-state index is 5.76. The summed E-state index contributed by atoms with van der Waals surface area (Å²) in [6.07, 6.45) is 6.96. The predicted octanol–water partition coefficient (Wildman–Crippen LogP) is 2.28. The summed E-state index contributed by atoms with van der Waals surface area (Å²) >= 11 is 0. The summed E-state index contributed by atoms with van der Waals surface area (Å²) in [5, 5.41) is 7.18. The molecule has 2 saturated carbocycles. The van der Waals surface area contributed by atoms with Crippen LogP contribution in [-0.4, -0.2) is 10.2 Å². The number of nitrogen functional groups attached to an aromatic ring is 1. The first-order valence-electron chi connectivity index (χ1n) is 6.05. The molecule has 3 heteroatoms. The Balaban J connectivity index is 1.74. The molecule has 82 valence electrons. The molecule has 3 nitrogen and oxygen atoms in total. The van der Waals surface area contributed by atoms with Crippen LogP contribution in [0.1, 0.15) is 36.9 Å². The van der Waals surface area contributed by atoms with Gasteiger partial charge in [-0.05, 0) is 56.8 Å². The third-order valence-electron chi connectivity index (χ3n) is 4.04. The van der Waals surface area contributed by atoms with Gasteiger partial charge in [-0.15, -0.1) is 0 Å². The Bertz CT molecular complexity index is 349. The summed E-state index contributed by atoms with van der Waals surface area (Å²) in [4.78, 5) is 0. The molecule has 3 N–H and O–H groups in total. The zero-order valence-corrected chi connectivity index (χ0v) is 9.29. The van der Waals surface area contributed by atoms with Gasteiger partial charge in [-0.1, -0.05) is 0 Å². The van der Waals surface area contributed by atoms with Crippen LogP contribution in [0.15, 0.2) is 0 Å². The molecule has 1 heterocycles. The topological polar surface area (TPSA) is 54.7 Å². The van der Waals surface area contributed by atoms with Crippen LogP contribution in [0, 0.1) is 24.7 Å². The number of nitrogens with zero attached hydrogens (tertiary/aromatic N) is 1. The molecule has 0 aromatic carbocycles. The number of H-pyrrole nitrogens is 1. The fraction of sp³-hybridized carbons (Fsp3) is 0.750. The molecule has 0 spiro atoms. The second kappa shape index (κ2) is 3.26. The first kappa shape index (κ1) is 9.25. The van der Waals surface area contributed by atoms with Crippen molar-refractivity contribution in [3.8, 4) is 0 Å². The highest BCUT2D eigenvalue weighted by molar-refractivity contribution is 5.40. The summed E-state index contributed by atoms with van der Waals surface area (Å²) in [7, 11) is 0. The van der Waals surface area contributed by atoms with E-state index in [0.717, 1.165) is 17.8 Å². The van der Waals surface area contributed by atoms with Crippen molar-refractivity contribution in [2.24, 2.45) is 17.8 Å². The molecule has 2 aliphatic carbocycles. The molecule has 0 unspecified atom stereocenters. The Morgan fingerprint density at radius 3 is 2.33 bits per heavy atom. The van der Waals surface area contributed by atoms with E-state index in [1.807, 2.05) is 0 Å². The number of hydrogen-bond acceptors (Lipinski definition) is 2. The van der Waals surface area contributed by atoms with Crippen molar-refractivity contribution in [2.45, 2.75) is 39.0 Å². The predicted molar refractivity (Wildman–Crippen MR) is 60.4 cm³/mol. The average Bonchev–Trinajstić information content (AvgIpc) is 3.11. The molecule has 0 radical (unpaired) electrons. The Labute approximate surface area is 90.4 Å². The average molecular weight is 205 g/mol. The quantitative estimate of drug-likeness (QED) is 0.792. The molecule has 2 fully saturated rings. The summed E-state index contributed by atoms with van der Waals surface area (Å²) in [5.41, 5.74) is 8.20. The number of aromatic nitrogens is 2. The number of anilines is 1. The summed E-state index contributed by atoms with van der Waals surface area (Å²) < 4.78 is 0. The maximum absolute atomic E-state index is 5.76. The lowest BCUT2D eigenvalue weighted by atomic mass is 9.91. The SMILES string of the molecule is Cc1c(N)n[nH]c1CC(C1CC1)C1CC1. The van der Waals surface area contributed by atoms with E-state index in [-0.39, 0.29) is 0 Å². The molecule has 3 rings (SSSR count). The molecule has 0 atom stereocenters. The van der Waals surface area contributed by atoms with Gasteiger partial charge in [-0.25, -0.2) is 0 Å². The van der Waals surface area contributed by atoms with Crippen molar-refractivity contribution in [1.82, 2.24) is 10.2 Å². The number of nitrogens with one attached hydrogen (secondary N) is 1. The van der Waals surface area contributed by atoms with Crippen LogP contribution in [0.5, 0.6) is 0 Å². The van der Waals surface area contributed by atoms with E-state index in [1.54, 1.807) is 0 Å². The van der Waals surface area contributed by atoms with Gasteiger partial charge in [0.2, 0.25) is 0 Å². The minimum Gasteiger partial charge on any atom is -0.382 e. The standard InChI is InChI=1S/C12H19N3/c1-7-11(14-15-12(7)13)6-10(8-2-3-8)9-4-5-9/h8-10H,2-6H2,1H3,(H3,13,14,15). The molecule has 1 aromatic rings. The van der Waals surface area contributed by atoms with Gasteiger partial charge in [-0.3, -0.25) is 5.10 Å². The number of rotatable bonds is 4. The highest BCUT2D eigenvalue weighted by Gasteiger charge is 2.41. The third-order valence-corrected chi connectivity index (χ3v) is 4.04. The van der Waals surface area contributed by atoms with Gasteiger partial charge in [-0.2, -0.15) is 5.10 Å². The molecular formula is C12H19N3. The van der Waals surface area contributed by atoms with Crippen molar-refractivity contribution in [1.29, 1.82) is 0 Å². The Morgan fingerprint density at radius 2 is 1.93 bits per heavy atom. The van der Waals surface area contributed by atoms with Crippen LogP contribution < -0.4 is 5.73 Å². The van der Waals surface area contributed by atoms with Gasteiger partial charge in [0.25, 0.3) is 0 Å². The number of nitrogens with two attached hydrogens (primary N) is 1. The normalized spacial score (nSPS) is 21.2. The van der Waals surface area contributed by atoms with Crippen molar-refractivity contribution >= 4 is 5.82 Å². The fourth-order valence-corrected chi connectivity index (χ4v) is 2.65. The molecule has 0 aliphatic heterocycles. The molecule has 2 aliphatic rings. The van der Waals surface area contributed by atoms with E-state index in [1.165, 1.54) is 43.4 Å². The first-order chi connectivity index (χ1) is 7.25. The van der Waals surface area contributed by atoms with E-state index < -0.39 is 0 Å². The van der Waals surface area contributed by atoms with E-state index in [4.69, 9.17) is 5.73 Å². The fourth-order valence-electron chi connectivity index (χ4n) is 2.65. The van der Waals surface area contributed by atoms with Crippen molar-refractivity contribution in [3.63, 3.8) is 0 Å². The minimum absolute atomic E-state index is 0.676. The molecule has 1 aromatic heterocycles. The first-order valence-corrected chi connectivity index (χ1v) is 6.05. The van der Waals surface area contributed by atoms with E-state index in [0.29, 0.717) is 5.82 Å². The minimum atomic E-state index is 0.676. The Kier molecular flexibility index (Phi) is 2.01. The van der Waals surface area contributed by atoms with Gasteiger partial charge in [0, 0.05) is 11.3 Å². The van der Waals surface area contributed by atoms with E-state index in [9.17, 15) is 0 Å². The lowest BCUT2D eigenvalue weighted by molar-refractivity contribution is 0.399. The second-order valence-corrected chi connectivity index (χ2v) is 5.26. The van der Waals surface area contributed by atoms with Crippen LogP contribution >= 0.6 is 0 Å². The lowest BCUT2D eigenvalue weighted by Gasteiger charge is -2.14. The Morgan fingerprint density at radius 1 is 1.33 bits per heavy atom. The van der Waals surface area contributed by atoms with E-state index >= 15 is 0 Å². The van der Waals surface area contributed by atoms with Crippen molar-refractivity contribution in [3.05, 3.63) is 11.3 Å². The molecule has 0 saturated heterocycles. The van der Waals surface area contributed by atoms with Gasteiger partial charge in [0.05, 0.1) is 0 Å². The molecule has 0 bridgehead atoms. The molecular weight excluding hydrogens is 186 g/mol. The monoisotopic (exact) mass is 205 g/mol. The van der Waals surface area contributed by atoms with Crippen molar-refractivity contribution in [2.75, 3.05) is 5.73 Å². The van der Waals surface area contributed by atoms with E-state index in [2.05, 4.69) is 17.1 Å². The number of aromatic amines is 1.